The second-order valence-electron chi connectivity index (χ2n) is 2.56. The Balaban J connectivity index is 2.12. The molecule has 2 heterocycles. The molecule has 0 aliphatic carbocycles. The minimum absolute atomic E-state index is 0.311. The van der Waals surface area contributed by atoms with Gasteiger partial charge in [-0.3, -0.25) is 0 Å². The molecule has 10 heavy (non-hydrogen) atoms. The SMILES string of the molecule is [c]1[nH]ccc1C1CCCO1. The fourth-order valence-electron chi connectivity index (χ4n) is 1.31. The van der Waals surface area contributed by atoms with Crippen molar-refractivity contribution in [1.29, 1.82) is 0 Å². The number of aromatic nitrogens is 1. The highest BCUT2D eigenvalue weighted by molar-refractivity contribution is 5.11. The van der Waals surface area contributed by atoms with E-state index in [1.54, 1.807) is 0 Å². The monoisotopic (exact) mass is 136 g/mol. The van der Waals surface area contributed by atoms with Gasteiger partial charge in [-0.05, 0) is 18.9 Å². The topological polar surface area (TPSA) is 25.0 Å². The lowest BCUT2D eigenvalue weighted by atomic mass is 10.1. The van der Waals surface area contributed by atoms with Gasteiger partial charge in [-0.15, -0.1) is 0 Å². The van der Waals surface area contributed by atoms with E-state index in [1.165, 1.54) is 6.42 Å². The minimum Gasteiger partial charge on any atom is -0.373 e. The van der Waals surface area contributed by atoms with E-state index in [1.807, 2.05) is 12.3 Å². The van der Waals surface area contributed by atoms with Gasteiger partial charge >= 0.3 is 0 Å². The van der Waals surface area contributed by atoms with Gasteiger partial charge in [0.25, 0.3) is 0 Å². The minimum atomic E-state index is 0.311. The average molecular weight is 136 g/mol. The summed E-state index contributed by atoms with van der Waals surface area (Å²) in [6.07, 6.45) is 7.56. The van der Waals surface area contributed by atoms with Crippen LogP contribution in [-0.2, 0) is 4.74 Å². The maximum atomic E-state index is 5.45. The van der Waals surface area contributed by atoms with E-state index >= 15 is 0 Å². The molecule has 1 aliphatic heterocycles. The van der Waals surface area contributed by atoms with E-state index in [0.717, 1.165) is 18.6 Å². The lowest BCUT2D eigenvalue weighted by Crippen LogP contribution is -1.92. The van der Waals surface area contributed by atoms with Gasteiger partial charge in [0.2, 0.25) is 0 Å². The van der Waals surface area contributed by atoms with Crippen LogP contribution in [0.4, 0.5) is 0 Å². The van der Waals surface area contributed by atoms with Crippen LogP contribution >= 0.6 is 0 Å². The molecule has 0 spiro atoms. The van der Waals surface area contributed by atoms with Crippen LogP contribution in [0, 0.1) is 6.20 Å². The third-order valence-electron chi connectivity index (χ3n) is 1.84. The van der Waals surface area contributed by atoms with Crippen LogP contribution in [-0.4, -0.2) is 11.6 Å². The summed E-state index contributed by atoms with van der Waals surface area (Å²) in [5, 5.41) is 0. The molecule has 1 aliphatic rings. The molecule has 1 aromatic rings. The van der Waals surface area contributed by atoms with E-state index in [-0.39, 0.29) is 0 Å². The van der Waals surface area contributed by atoms with E-state index in [4.69, 9.17) is 4.74 Å². The molecule has 2 nitrogen and oxygen atoms in total. The summed E-state index contributed by atoms with van der Waals surface area (Å²) in [6.45, 7) is 0.906. The first kappa shape index (κ1) is 5.98. The Morgan fingerprint density at radius 3 is 3.30 bits per heavy atom. The summed E-state index contributed by atoms with van der Waals surface area (Å²) in [5.74, 6) is 0. The van der Waals surface area contributed by atoms with Crippen LogP contribution in [0.25, 0.3) is 0 Å². The van der Waals surface area contributed by atoms with Gasteiger partial charge in [0.1, 0.15) is 0 Å². The van der Waals surface area contributed by atoms with Gasteiger partial charge < -0.3 is 9.72 Å². The molecule has 0 saturated carbocycles. The van der Waals surface area contributed by atoms with E-state index in [0.29, 0.717) is 6.10 Å². The maximum absolute atomic E-state index is 5.45. The molecule has 1 unspecified atom stereocenters. The van der Waals surface area contributed by atoms with Crippen LogP contribution in [0.2, 0.25) is 0 Å². The second-order valence-corrected chi connectivity index (χ2v) is 2.56. The number of H-pyrrole nitrogens is 1. The van der Waals surface area contributed by atoms with Crippen molar-refractivity contribution in [2.75, 3.05) is 6.61 Å². The van der Waals surface area contributed by atoms with Crippen molar-refractivity contribution in [2.24, 2.45) is 0 Å². The Morgan fingerprint density at radius 1 is 1.70 bits per heavy atom. The van der Waals surface area contributed by atoms with Crippen molar-refractivity contribution in [3.63, 3.8) is 0 Å². The molecule has 0 amide bonds. The molecular weight excluding hydrogens is 126 g/mol. The van der Waals surface area contributed by atoms with Gasteiger partial charge in [-0.1, -0.05) is 0 Å². The lowest BCUT2D eigenvalue weighted by Gasteiger charge is -2.03. The standard InChI is InChI=1S/C8H10NO/c1-2-8(10-5-1)7-3-4-9-6-7/h3-4,8-9H,1-2,5H2. The van der Waals surface area contributed by atoms with Crippen molar-refractivity contribution in [1.82, 2.24) is 4.98 Å². The number of nitrogens with one attached hydrogen (secondary N) is 1. The molecule has 1 saturated heterocycles. The molecule has 1 N–H and O–H groups in total. The highest BCUT2D eigenvalue weighted by Gasteiger charge is 2.17. The van der Waals surface area contributed by atoms with Crippen LogP contribution in [0.15, 0.2) is 12.3 Å². The number of ether oxygens (including phenoxy) is 1. The van der Waals surface area contributed by atoms with Crippen LogP contribution in [0.1, 0.15) is 24.5 Å². The second kappa shape index (κ2) is 2.46. The van der Waals surface area contributed by atoms with Crippen molar-refractivity contribution in [2.45, 2.75) is 18.9 Å². The predicted molar refractivity (Wildman–Crippen MR) is 37.6 cm³/mol. The molecule has 2 rings (SSSR count). The molecule has 1 aromatic heterocycles. The molecule has 1 radical (unpaired) electrons. The molecule has 2 heteroatoms. The Labute approximate surface area is 60.2 Å². The fourth-order valence-corrected chi connectivity index (χ4v) is 1.31. The molecule has 0 aromatic carbocycles. The quantitative estimate of drug-likeness (QED) is 0.624. The lowest BCUT2D eigenvalue weighted by molar-refractivity contribution is 0.112. The summed E-state index contributed by atoms with van der Waals surface area (Å²) >= 11 is 0. The first-order chi connectivity index (χ1) is 4.97. The Bertz CT molecular complexity index is 187. The highest BCUT2D eigenvalue weighted by atomic mass is 16.5. The average Bonchev–Trinajstić information content (AvgIpc) is 2.59. The van der Waals surface area contributed by atoms with Crippen molar-refractivity contribution in [3.05, 3.63) is 24.0 Å². The summed E-state index contributed by atoms with van der Waals surface area (Å²) in [5.41, 5.74) is 1.16. The van der Waals surface area contributed by atoms with E-state index in [9.17, 15) is 0 Å². The number of aromatic amines is 1. The molecular formula is C8H10NO. The number of hydrogen-bond donors (Lipinski definition) is 1. The first-order valence-corrected chi connectivity index (χ1v) is 3.63. The Hall–Kier alpha value is -0.760. The maximum Gasteiger partial charge on any atom is 0.0847 e. The van der Waals surface area contributed by atoms with Gasteiger partial charge in [0, 0.05) is 18.4 Å². The predicted octanol–water partition coefficient (Wildman–Crippen LogP) is 1.67. The summed E-state index contributed by atoms with van der Waals surface area (Å²) in [4.78, 5) is 2.90. The Morgan fingerprint density at radius 2 is 2.70 bits per heavy atom. The Kier molecular flexibility index (Phi) is 1.47. The first-order valence-electron chi connectivity index (χ1n) is 3.63. The van der Waals surface area contributed by atoms with Crippen molar-refractivity contribution in [3.8, 4) is 0 Å². The zero-order valence-electron chi connectivity index (χ0n) is 5.76. The molecule has 1 fully saturated rings. The zero-order valence-corrected chi connectivity index (χ0v) is 5.76. The van der Waals surface area contributed by atoms with Crippen LogP contribution < -0.4 is 0 Å². The fraction of sp³-hybridized carbons (Fsp3) is 0.500. The number of rotatable bonds is 1. The van der Waals surface area contributed by atoms with Gasteiger partial charge in [0.15, 0.2) is 0 Å². The van der Waals surface area contributed by atoms with Crippen LogP contribution in [0.3, 0.4) is 0 Å². The summed E-state index contributed by atoms with van der Waals surface area (Å²) < 4.78 is 5.45. The number of hydrogen-bond acceptors (Lipinski definition) is 1. The molecule has 1 atom stereocenters. The molecule has 0 bridgehead atoms. The largest absolute Gasteiger partial charge is 0.373 e. The van der Waals surface area contributed by atoms with Gasteiger partial charge in [-0.25, -0.2) is 0 Å². The molecule has 53 valence electrons. The smallest absolute Gasteiger partial charge is 0.0847 e. The van der Waals surface area contributed by atoms with Gasteiger partial charge in [-0.2, -0.15) is 0 Å². The van der Waals surface area contributed by atoms with E-state index in [2.05, 4.69) is 11.2 Å². The zero-order chi connectivity index (χ0) is 6.81. The van der Waals surface area contributed by atoms with Gasteiger partial charge in [0.05, 0.1) is 12.3 Å². The van der Waals surface area contributed by atoms with Crippen molar-refractivity contribution >= 4 is 0 Å². The third-order valence-corrected chi connectivity index (χ3v) is 1.84. The van der Waals surface area contributed by atoms with Crippen molar-refractivity contribution < 1.29 is 4.74 Å². The normalized spacial score (nSPS) is 25.4. The third kappa shape index (κ3) is 0.948. The highest BCUT2D eigenvalue weighted by Crippen LogP contribution is 2.27. The summed E-state index contributed by atoms with van der Waals surface area (Å²) in [6, 6.07) is 2.02. The van der Waals surface area contributed by atoms with Crippen LogP contribution in [0.5, 0.6) is 0 Å². The van der Waals surface area contributed by atoms with E-state index < -0.39 is 0 Å². The summed E-state index contributed by atoms with van der Waals surface area (Å²) in [7, 11) is 0.